The van der Waals surface area contributed by atoms with E-state index >= 15 is 0 Å². The van der Waals surface area contributed by atoms with Gasteiger partial charge in [-0.3, -0.25) is 9.69 Å². The predicted octanol–water partition coefficient (Wildman–Crippen LogP) is 4.05. The molecule has 21 heavy (non-hydrogen) atoms. The first-order valence-electron chi connectivity index (χ1n) is 8.27. The highest BCUT2D eigenvalue weighted by molar-refractivity contribution is 5.96. The van der Waals surface area contributed by atoms with Gasteiger partial charge in [0.15, 0.2) is 5.78 Å². The minimum atomic E-state index is -0.285. The van der Waals surface area contributed by atoms with Crippen molar-refractivity contribution in [3.63, 3.8) is 0 Å². The molecule has 1 saturated heterocycles. The van der Waals surface area contributed by atoms with Gasteiger partial charge in [-0.15, -0.1) is 0 Å². The van der Waals surface area contributed by atoms with E-state index in [1.807, 2.05) is 0 Å². The molecule has 1 aromatic rings. The van der Waals surface area contributed by atoms with Crippen LogP contribution in [0.15, 0.2) is 24.3 Å². The summed E-state index contributed by atoms with van der Waals surface area (Å²) in [6.45, 7) is 2.00. The van der Waals surface area contributed by atoms with Crippen molar-refractivity contribution in [3.05, 3.63) is 35.6 Å². The molecule has 1 heterocycles. The van der Waals surface area contributed by atoms with Crippen LogP contribution in [0, 0.1) is 11.7 Å². The van der Waals surface area contributed by atoms with Crippen LogP contribution in [0.3, 0.4) is 0 Å². The number of ketones is 1. The lowest BCUT2D eigenvalue weighted by Crippen LogP contribution is -2.36. The van der Waals surface area contributed by atoms with E-state index in [1.54, 1.807) is 12.1 Å². The molecule has 1 atom stereocenters. The summed E-state index contributed by atoms with van der Waals surface area (Å²) in [7, 11) is 0. The number of rotatable bonds is 5. The van der Waals surface area contributed by atoms with Crippen molar-refractivity contribution < 1.29 is 9.18 Å². The SMILES string of the molecule is O=C(CCN1CCCC1C1CCCC1)c1ccc(F)cc1. The van der Waals surface area contributed by atoms with Crippen LogP contribution in [0.4, 0.5) is 4.39 Å². The van der Waals surface area contributed by atoms with Gasteiger partial charge in [0.25, 0.3) is 0 Å². The fourth-order valence-corrected chi connectivity index (χ4v) is 4.03. The number of halogens is 1. The first-order valence-corrected chi connectivity index (χ1v) is 8.27. The predicted molar refractivity (Wildman–Crippen MR) is 81.9 cm³/mol. The molecule has 2 nitrogen and oxygen atoms in total. The Balaban J connectivity index is 1.54. The second-order valence-electron chi connectivity index (χ2n) is 6.47. The van der Waals surface area contributed by atoms with Crippen molar-refractivity contribution in [3.8, 4) is 0 Å². The van der Waals surface area contributed by atoms with Gasteiger partial charge < -0.3 is 0 Å². The van der Waals surface area contributed by atoms with Crippen molar-refractivity contribution in [2.75, 3.05) is 13.1 Å². The lowest BCUT2D eigenvalue weighted by atomic mass is 9.96. The summed E-state index contributed by atoms with van der Waals surface area (Å²) in [5, 5.41) is 0. The number of carbonyl (C=O) groups is 1. The quantitative estimate of drug-likeness (QED) is 0.762. The van der Waals surface area contributed by atoms with Crippen LogP contribution in [0.1, 0.15) is 55.3 Å². The van der Waals surface area contributed by atoms with Crippen LogP contribution in [-0.2, 0) is 0 Å². The van der Waals surface area contributed by atoms with Crippen LogP contribution < -0.4 is 0 Å². The van der Waals surface area contributed by atoms with E-state index in [-0.39, 0.29) is 11.6 Å². The molecule has 0 amide bonds. The van der Waals surface area contributed by atoms with E-state index in [0.29, 0.717) is 18.0 Å². The van der Waals surface area contributed by atoms with E-state index in [1.165, 1.54) is 50.7 Å². The maximum Gasteiger partial charge on any atom is 0.164 e. The zero-order valence-corrected chi connectivity index (χ0v) is 12.6. The Bertz CT molecular complexity index is 478. The summed E-state index contributed by atoms with van der Waals surface area (Å²) in [6.07, 6.45) is 8.61. The second kappa shape index (κ2) is 6.69. The van der Waals surface area contributed by atoms with Gasteiger partial charge in [-0.05, 0) is 62.4 Å². The first kappa shape index (κ1) is 14.7. The molecule has 2 fully saturated rings. The summed E-state index contributed by atoms with van der Waals surface area (Å²) in [5.74, 6) is 0.702. The molecular weight excluding hydrogens is 265 g/mol. The van der Waals surface area contributed by atoms with Crippen LogP contribution in [-0.4, -0.2) is 29.8 Å². The number of Topliss-reactive ketones (excluding diaryl/α,β-unsaturated/α-hetero) is 1. The highest BCUT2D eigenvalue weighted by atomic mass is 19.1. The average Bonchev–Trinajstić information content (AvgIpc) is 3.16. The Kier molecular flexibility index (Phi) is 4.69. The van der Waals surface area contributed by atoms with Crippen molar-refractivity contribution >= 4 is 5.78 Å². The highest BCUT2D eigenvalue weighted by Gasteiger charge is 2.33. The third-order valence-electron chi connectivity index (χ3n) is 5.15. The Hall–Kier alpha value is -1.22. The van der Waals surface area contributed by atoms with E-state index in [9.17, 15) is 9.18 Å². The zero-order valence-electron chi connectivity index (χ0n) is 12.6. The van der Waals surface area contributed by atoms with E-state index in [4.69, 9.17) is 0 Å². The lowest BCUT2D eigenvalue weighted by Gasteiger charge is -2.29. The van der Waals surface area contributed by atoms with Crippen molar-refractivity contribution in [2.24, 2.45) is 5.92 Å². The third kappa shape index (κ3) is 3.52. The largest absolute Gasteiger partial charge is 0.300 e. The molecule has 0 aromatic heterocycles. The lowest BCUT2D eigenvalue weighted by molar-refractivity contribution is 0.0951. The molecule has 3 rings (SSSR count). The van der Waals surface area contributed by atoms with E-state index in [0.717, 1.165) is 19.0 Å². The van der Waals surface area contributed by atoms with Crippen molar-refractivity contribution in [1.82, 2.24) is 4.90 Å². The van der Waals surface area contributed by atoms with E-state index in [2.05, 4.69) is 4.90 Å². The molecule has 0 spiro atoms. The summed E-state index contributed by atoms with van der Waals surface area (Å²) in [6, 6.07) is 6.62. The van der Waals surface area contributed by atoms with Crippen LogP contribution >= 0.6 is 0 Å². The van der Waals surface area contributed by atoms with Crippen LogP contribution in [0.2, 0.25) is 0 Å². The molecule has 0 bridgehead atoms. The second-order valence-corrected chi connectivity index (χ2v) is 6.47. The first-order chi connectivity index (χ1) is 10.2. The van der Waals surface area contributed by atoms with Gasteiger partial charge in [0.1, 0.15) is 5.82 Å². The molecule has 3 heteroatoms. The van der Waals surface area contributed by atoms with E-state index < -0.39 is 0 Å². The van der Waals surface area contributed by atoms with Gasteiger partial charge >= 0.3 is 0 Å². The molecule has 1 aliphatic carbocycles. The molecule has 1 unspecified atom stereocenters. The number of benzene rings is 1. The van der Waals surface area contributed by atoms with Gasteiger partial charge in [-0.2, -0.15) is 0 Å². The van der Waals surface area contributed by atoms with Crippen LogP contribution in [0.5, 0.6) is 0 Å². The third-order valence-corrected chi connectivity index (χ3v) is 5.15. The average molecular weight is 289 g/mol. The summed E-state index contributed by atoms with van der Waals surface area (Å²) < 4.78 is 12.9. The number of nitrogens with zero attached hydrogens (tertiary/aromatic N) is 1. The molecule has 2 aliphatic rings. The topological polar surface area (TPSA) is 20.3 Å². The Morgan fingerprint density at radius 2 is 1.81 bits per heavy atom. The smallest absolute Gasteiger partial charge is 0.164 e. The fourth-order valence-electron chi connectivity index (χ4n) is 4.03. The number of likely N-dealkylation sites (tertiary alicyclic amines) is 1. The highest BCUT2D eigenvalue weighted by Crippen LogP contribution is 2.35. The minimum Gasteiger partial charge on any atom is -0.300 e. The van der Waals surface area contributed by atoms with Crippen molar-refractivity contribution in [1.29, 1.82) is 0 Å². The number of carbonyl (C=O) groups excluding carboxylic acids is 1. The van der Waals surface area contributed by atoms with Gasteiger partial charge in [0.2, 0.25) is 0 Å². The Morgan fingerprint density at radius 3 is 2.52 bits per heavy atom. The molecule has 0 N–H and O–H groups in total. The minimum absolute atomic E-state index is 0.132. The number of hydrogen-bond acceptors (Lipinski definition) is 2. The molecule has 1 aliphatic heterocycles. The van der Waals surface area contributed by atoms with Crippen LogP contribution in [0.25, 0.3) is 0 Å². The fraction of sp³-hybridized carbons (Fsp3) is 0.611. The van der Waals surface area contributed by atoms with Gasteiger partial charge in [0.05, 0.1) is 0 Å². The normalized spacial score (nSPS) is 23.8. The summed E-state index contributed by atoms with van der Waals surface area (Å²) in [5.41, 5.74) is 0.632. The van der Waals surface area contributed by atoms with Gasteiger partial charge in [0, 0.05) is 24.6 Å². The molecule has 1 saturated carbocycles. The van der Waals surface area contributed by atoms with Crippen molar-refractivity contribution in [2.45, 2.75) is 51.0 Å². The molecule has 114 valence electrons. The maximum atomic E-state index is 12.9. The zero-order chi connectivity index (χ0) is 14.7. The maximum absolute atomic E-state index is 12.9. The van der Waals surface area contributed by atoms with Gasteiger partial charge in [-0.25, -0.2) is 4.39 Å². The number of hydrogen-bond donors (Lipinski definition) is 0. The standard InChI is InChI=1S/C18H24FNO/c19-16-9-7-15(8-10-16)18(21)11-13-20-12-3-6-17(20)14-4-1-2-5-14/h7-10,14,17H,1-6,11-13H2. The summed E-state index contributed by atoms with van der Waals surface area (Å²) >= 11 is 0. The Labute approximate surface area is 126 Å². The van der Waals surface area contributed by atoms with Gasteiger partial charge in [-0.1, -0.05) is 12.8 Å². The summed E-state index contributed by atoms with van der Waals surface area (Å²) in [4.78, 5) is 14.7. The Morgan fingerprint density at radius 1 is 1.10 bits per heavy atom. The monoisotopic (exact) mass is 289 g/mol. The molecule has 0 radical (unpaired) electrons. The molecular formula is C18H24FNO. The molecule has 1 aromatic carbocycles.